The van der Waals surface area contributed by atoms with Crippen LogP contribution in [-0.4, -0.2) is 66.0 Å². The van der Waals surface area contributed by atoms with Gasteiger partial charge in [0.05, 0.1) is 23.0 Å². The van der Waals surface area contributed by atoms with Gasteiger partial charge in [-0.25, -0.2) is 0 Å². The zero-order valence-electron chi connectivity index (χ0n) is 20.7. The van der Waals surface area contributed by atoms with Gasteiger partial charge in [0.1, 0.15) is 5.75 Å². The summed E-state index contributed by atoms with van der Waals surface area (Å²) in [7, 11) is -1.79. The summed E-state index contributed by atoms with van der Waals surface area (Å²) >= 11 is 17.5. The van der Waals surface area contributed by atoms with Crippen LogP contribution in [0.3, 0.4) is 0 Å². The van der Waals surface area contributed by atoms with E-state index < -0.39 is 64.2 Å². The summed E-state index contributed by atoms with van der Waals surface area (Å²) in [6.45, 7) is 0. The average Bonchev–Trinajstić information content (AvgIpc) is 3.26. The Balaban J connectivity index is 1.50. The average molecular weight is 648 g/mol. The molecule has 2 aliphatic heterocycles. The molecule has 0 radical (unpaired) electrons. The first kappa shape index (κ1) is 27.5. The molecule has 0 bridgehead atoms. The first-order chi connectivity index (χ1) is 19.0. The fraction of sp³-hybridized carbons (Fsp3) is 0.333. The van der Waals surface area contributed by atoms with Gasteiger partial charge in [0, 0.05) is 5.92 Å². The Morgan fingerprint density at radius 1 is 0.975 bits per heavy atom. The highest BCUT2D eigenvalue weighted by Crippen LogP contribution is 2.65. The van der Waals surface area contributed by atoms with E-state index in [2.05, 4.69) is 15.9 Å². The first-order valence-corrected chi connectivity index (χ1v) is 14.5. The maximum absolute atomic E-state index is 14.0. The molecule has 3 N–H and O–H groups in total. The Bertz CT molecular complexity index is 1520. The predicted octanol–water partition coefficient (Wildman–Crippen LogP) is 1.99. The van der Waals surface area contributed by atoms with Crippen LogP contribution < -0.4 is 10.4 Å². The molecule has 0 spiro atoms. The molecular formula is C27H22BBrCl2N2O7. The number of imide groups is 2. The number of hydrogen-bond donors (Lipinski definition) is 3. The summed E-state index contributed by atoms with van der Waals surface area (Å²) in [4.78, 5) is 53.1. The molecular weight excluding hydrogens is 626 g/mol. The van der Waals surface area contributed by atoms with E-state index in [0.29, 0.717) is 11.1 Å². The highest BCUT2D eigenvalue weighted by molar-refractivity contribution is 9.09. The molecule has 3 fully saturated rings. The highest BCUT2D eigenvalue weighted by Gasteiger charge is 2.76. The number of aromatic hydroxyl groups is 1. The van der Waals surface area contributed by atoms with E-state index in [1.165, 1.54) is 36.4 Å². The van der Waals surface area contributed by atoms with Gasteiger partial charge in [0.2, 0.25) is 11.8 Å². The van der Waals surface area contributed by atoms with E-state index in [4.69, 9.17) is 23.2 Å². The molecule has 6 atom stereocenters. The number of rotatable bonds is 4. The van der Waals surface area contributed by atoms with Crippen LogP contribution in [0.4, 0.5) is 5.69 Å². The van der Waals surface area contributed by atoms with Crippen molar-refractivity contribution in [2.75, 3.05) is 10.4 Å². The smallest absolute Gasteiger partial charge is 0.488 e. The Labute approximate surface area is 247 Å². The van der Waals surface area contributed by atoms with Crippen LogP contribution in [0.15, 0.2) is 60.2 Å². The lowest BCUT2D eigenvalue weighted by molar-refractivity contribution is -0.138. The largest absolute Gasteiger partial charge is 0.508 e. The quantitative estimate of drug-likeness (QED) is 0.152. The van der Waals surface area contributed by atoms with Gasteiger partial charge in [-0.05, 0) is 54.1 Å². The number of phenols is 1. The molecule has 4 aliphatic rings. The standard InChI is InChI=1S/C27H22BBrCl2N2O7/c29-12-32-24(37)26(30)11-19-17(21(27(26,31)25(32)38)13-3-1-6-16(34)9-13)7-8-18-20(19)23(36)33(22(18)35)15-5-2-4-14(10-15)28(39)40/h1-7,9-10,18-21,34,39-40H,8,11-12H2/t18-,19+,20-,21-,26+,27-/m0/s1. The van der Waals surface area contributed by atoms with Crippen molar-refractivity contribution >= 4 is 81.0 Å². The molecule has 0 aromatic heterocycles. The van der Waals surface area contributed by atoms with Gasteiger partial charge in [-0.2, -0.15) is 0 Å². The Morgan fingerprint density at radius 2 is 1.70 bits per heavy atom. The summed E-state index contributed by atoms with van der Waals surface area (Å²) in [6, 6.07) is 12.1. The van der Waals surface area contributed by atoms with Gasteiger partial charge >= 0.3 is 7.12 Å². The number of fused-ring (bicyclic) bond motifs is 4. The van der Waals surface area contributed by atoms with Crippen LogP contribution in [0.1, 0.15) is 24.3 Å². The number of alkyl halides is 3. The lowest BCUT2D eigenvalue weighted by Gasteiger charge is -2.50. The molecule has 0 unspecified atom stereocenters. The third-order valence-electron chi connectivity index (χ3n) is 8.64. The molecule has 2 aromatic carbocycles. The van der Waals surface area contributed by atoms with E-state index in [1.54, 1.807) is 18.2 Å². The van der Waals surface area contributed by atoms with Gasteiger partial charge in [-0.1, -0.05) is 51.8 Å². The second kappa shape index (κ2) is 9.42. The molecule has 2 aliphatic carbocycles. The van der Waals surface area contributed by atoms with Crippen molar-refractivity contribution in [3.05, 3.63) is 65.7 Å². The predicted molar refractivity (Wildman–Crippen MR) is 150 cm³/mol. The van der Waals surface area contributed by atoms with Gasteiger partial charge < -0.3 is 15.2 Å². The molecule has 9 nitrogen and oxygen atoms in total. The molecule has 2 aromatic rings. The lowest BCUT2D eigenvalue weighted by Crippen LogP contribution is -2.60. The number of likely N-dealkylation sites (tertiary alicyclic amines) is 1. The first-order valence-electron chi connectivity index (χ1n) is 12.6. The van der Waals surface area contributed by atoms with Crippen molar-refractivity contribution in [1.29, 1.82) is 0 Å². The third-order valence-corrected chi connectivity index (χ3v) is 10.6. The molecule has 2 heterocycles. The second-order valence-electron chi connectivity index (χ2n) is 10.6. The number of allylic oxidation sites excluding steroid dienone is 2. The fourth-order valence-electron chi connectivity index (χ4n) is 6.91. The van der Waals surface area contributed by atoms with Gasteiger partial charge in [0.25, 0.3) is 11.8 Å². The van der Waals surface area contributed by atoms with E-state index >= 15 is 0 Å². The monoisotopic (exact) mass is 646 g/mol. The number of benzene rings is 2. The van der Waals surface area contributed by atoms with Crippen molar-refractivity contribution in [3.63, 3.8) is 0 Å². The second-order valence-corrected chi connectivity index (χ2v) is 12.3. The maximum Gasteiger partial charge on any atom is 0.488 e. The van der Waals surface area contributed by atoms with Crippen LogP contribution in [0.2, 0.25) is 0 Å². The Morgan fingerprint density at radius 3 is 2.38 bits per heavy atom. The zero-order chi connectivity index (χ0) is 28.7. The third kappa shape index (κ3) is 3.54. The van der Waals surface area contributed by atoms with E-state index in [1.807, 2.05) is 0 Å². The molecule has 6 rings (SSSR count). The minimum absolute atomic E-state index is 0.0762. The van der Waals surface area contributed by atoms with Crippen LogP contribution in [0, 0.1) is 17.8 Å². The van der Waals surface area contributed by atoms with Crippen molar-refractivity contribution in [3.8, 4) is 5.75 Å². The summed E-state index contributed by atoms with van der Waals surface area (Å²) < 4.78 is 0. The number of carbonyl (C=O) groups excluding carboxylic acids is 4. The number of anilines is 1. The summed E-state index contributed by atoms with van der Waals surface area (Å²) in [5, 5.41) is 29.5. The van der Waals surface area contributed by atoms with Crippen LogP contribution >= 0.6 is 39.1 Å². The van der Waals surface area contributed by atoms with Gasteiger partial charge in [-0.3, -0.25) is 29.0 Å². The van der Waals surface area contributed by atoms with E-state index in [-0.39, 0.29) is 35.2 Å². The lowest BCUT2D eigenvalue weighted by atomic mass is 9.56. The van der Waals surface area contributed by atoms with E-state index in [0.717, 1.165) is 9.80 Å². The zero-order valence-corrected chi connectivity index (χ0v) is 23.8. The number of phenolic OH excluding ortho intramolecular Hbond substituents is 1. The van der Waals surface area contributed by atoms with Crippen molar-refractivity contribution < 1.29 is 34.3 Å². The number of hydrogen-bond acceptors (Lipinski definition) is 7. The molecule has 206 valence electrons. The van der Waals surface area contributed by atoms with Crippen molar-refractivity contribution in [2.45, 2.75) is 28.5 Å². The number of halogens is 3. The summed E-state index contributed by atoms with van der Waals surface area (Å²) in [5.74, 6) is -5.75. The molecule has 13 heteroatoms. The molecule has 40 heavy (non-hydrogen) atoms. The fourth-order valence-corrected chi connectivity index (χ4v) is 8.34. The topological polar surface area (TPSA) is 135 Å². The van der Waals surface area contributed by atoms with Gasteiger partial charge in [-0.15, -0.1) is 23.2 Å². The van der Waals surface area contributed by atoms with Crippen LogP contribution in [0.25, 0.3) is 0 Å². The van der Waals surface area contributed by atoms with Gasteiger partial charge in [0.15, 0.2) is 9.75 Å². The minimum Gasteiger partial charge on any atom is -0.508 e. The highest BCUT2D eigenvalue weighted by atomic mass is 79.9. The Kier molecular flexibility index (Phi) is 6.47. The van der Waals surface area contributed by atoms with Crippen LogP contribution in [0.5, 0.6) is 5.75 Å². The number of amides is 4. The number of nitrogens with zero attached hydrogens (tertiary/aromatic N) is 2. The summed E-state index contributed by atoms with van der Waals surface area (Å²) in [6.07, 6.45) is 1.83. The molecule has 2 saturated heterocycles. The SMILES string of the molecule is O=C1[C@H]2[C@H](CC=C3[C@H]2C[C@@]2(Cl)C(=O)N(CBr)C(=O)[C@@]2(Cl)[C@H]3c2cccc(O)c2)C(=O)N1c1cccc(B(O)O)c1. The molecule has 4 amide bonds. The maximum atomic E-state index is 14.0. The van der Waals surface area contributed by atoms with Crippen LogP contribution in [-0.2, 0) is 19.2 Å². The van der Waals surface area contributed by atoms with E-state index in [9.17, 15) is 34.3 Å². The Hall–Kier alpha value is -2.70. The molecule has 1 saturated carbocycles. The minimum atomic E-state index is -1.95. The summed E-state index contributed by atoms with van der Waals surface area (Å²) in [5.41, 5.74) is 1.24. The van der Waals surface area contributed by atoms with Crippen molar-refractivity contribution in [1.82, 2.24) is 4.90 Å². The number of carbonyl (C=O) groups is 4. The van der Waals surface area contributed by atoms with Crippen molar-refractivity contribution in [2.24, 2.45) is 17.8 Å². The normalized spacial score (nSPS) is 33.1.